The Morgan fingerprint density at radius 1 is 1.18 bits per heavy atom. The fourth-order valence-corrected chi connectivity index (χ4v) is 5.19. The maximum Gasteiger partial charge on any atom is 0.404 e. The zero-order valence-electron chi connectivity index (χ0n) is 23.1. The number of amides is 2. The molecule has 2 aromatic carbocycles. The van der Waals surface area contributed by atoms with Crippen molar-refractivity contribution in [3.05, 3.63) is 77.8 Å². The third kappa shape index (κ3) is 8.53. The highest BCUT2D eigenvalue weighted by Gasteiger charge is 2.38. The first-order valence-electron chi connectivity index (χ1n) is 13.1. The van der Waals surface area contributed by atoms with Crippen LogP contribution in [-0.2, 0) is 11.3 Å². The van der Waals surface area contributed by atoms with Gasteiger partial charge in [-0.25, -0.2) is 18.6 Å². The number of hydrogen-bond acceptors (Lipinski definition) is 5. The van der Waals surface area contributed by atoms with Gasteiger partial charge in [-0.3, -0.25) is 4.79 Å². The number of rotatable bonds is 13. The second-order valence-electron chi connectivity index (χ2n) is 10.5. The van der Waals surface area contributed by atoms with E-state index in [1.165, 1.54) is 11.8 Å². The Labute approximate surface area is 238 Å². The predicted octanol–water partition coefficient (Wildman–Crippen LogP) is 5.14. The molecule has 4 N–H and O–H groups in total. The molecule has 1 aromatic heterocycles. The summed E-state index contributed by atoms with van der Waals surface area (Å²) in [6.07, 6.45) is 0.942. The fourth-order valence-electron chi connectivity index (χ4n) is 4.54. The fraction of sp³-hybridized carbons (Fsp3) is 0.414. The van der Waals surface area contributed by atoms with E-state index in [1.54, 1.807) is 11.1 Å². The minimum absolute atomic E-state index is 0.0303. The predicted molar refractivity (Wildman–Crippen MR) is 154 cm³/mol. The number of thioether (sulfide) groups is 1. The summed E-state index contributed by atoms with van der Waals surface area (Å²) in [5.41, 5.74) is 6.37. The summed E-state index contributed by atoms with van der Waals surface area (Å²) in [7, 11) is 0. The molecule has 0 aliphatic rings. The van der Waals surface area contributed by atoms with Gasteiger partial charge in [-0.05, 0) is 35.6 Å². The molecule has 1 heterocycles. The molecule has 40 heavy (non-hydrogen) atoms. The lowest BCUT2D eigenvalue weighted by atomic mass is 9.84. The summed E-state index contributed by atoms with van der Waals surface area (Å²) in [5, 5.41) is 11.3. The second kappa shape index (κ2) is 14.3. The molecule has 2 amide bonds. The molecule has 216 valence electrons. The first kappa shape index (κ1) is 31.1. The van der Waals surface area contributed by atoms with E-state index in [0.29, 0.717) is 31.1 Å². The quantitative estimate of drug-likeness (QED) is 0.244. The number of benzene rings is 2. The third-order valence-electron chi connectivity index (χ3n) is 6.24. The first-order chi connectivity index (χ1) is 19.0. The van der Waals surface area contributed by atoms with Crippen molar-refractivity contribution in [3.8, 4) is 11.3 Å². The summed E-state index contributed by atoms with van der Waals surface area (Å²) in [4.78, 5) is 31.2. The van der Waals surface area contributed by atoms with Crippen LogP contribution < -0.4 is 11.1 Å². The van der Waals surface area contributed by atoms with E-state index >= 15 is 0 Å². The van der Waals surface area contributed by atoms with Gasteiger partial charge < -0.3 is 25.6 Å². The zero-order valence-corrected chi connectivity index (χ0v) is 23.9. The zero-order chi connectivity index (χ0) is 29.3. The third-order valence-corrected chi connectivity index (χ3v) is 7.22. The van der Waals surface area contributed by atoms with Gasteiger partial charge in [0.05, 0.1) is 17.5 Å². The number of nitrogens with two attached hydrogens (primary N) is 1. The summed E-state index contributed by atoms with van der Waals surface area (Å²) in [5.74, 6) is 0.0188. The number of carbonyl (C=O) groups is 2. The highest BCUT2D eigenvalue weighted by molar-refractivity contribution is 7.99. The molecule has 3 aromatic rings. The molecule has 0 saturated heterocycles. The molecule has 0 aliphatic heterocycles. The normalized spacial score (nSPS) is 12.2. The number of carboxylic acid groups (broad SMARTS) is 1. The van der Waals surface area contributed by atoms with Crippen LogP contribution in [0.5, 0.6) is 0 Å². The lowest BCUT2D eigenvalue weighted by Crippen LogP contribution is -2.44. The smallest absolute Gasteiger partial charge is 0.404 e. The van der Waals surface area contributed by atoms with Crippen molar-refractivity contribution < 1.29 is 23.5 Å². The SMILES string of the molecule is CC(C)(C)[C@H](c1nc(-c2cc(F)ccc2F)cn1Cc1ccccc1)N(CCCNC(=O)O)C(=O)CSCCN. The van der Waals surface area contributed by atoms with Crippen LogP contribution in [0.25, 0.3) is 11.3 Å². The van der Waals surface area contributed by atoms with E-state index in [9.17, 15) is 18.4 Å². The van der Waals surface area contributed by atoms with Gasteiger partial charge in [0.15, 0.2) is 0 Å². The first-order valence-corrected chi connectivity index (χ1v) is 14.3. The molecule has 3 rings (SSSR count). The Bertz CT molecular complexity index is 1280. The van der Waals surface area contributed by atoms with Crippen LogP contribution in [0, 0.1) is 17.0 Å². The minimum Gasteiger partial charge on any atom is -0.465 e. The Morgan fingerprint density at radius 3 is 2.55 bits per heavy atom. The van der Waals surface area contributed by atoms with E-state index < -0.39 is 29.2 Å². The second-order valence-corrected chi connectivity index (χ2v) is 11.6. The molecule has 0 spiro atoms. The van der Waals surface area contributed by atoms with Crippen molar-refractivity contribution in [2.45, 2.75) is 39.8 Å². The van der Waals surface area contributed by atoms with E-state index in [2.05, 4.69) is 5.32 Å². The number of hydrogen-bond donors (Lipinski definition) is 3. The number of imidazole rings is 1. The average Bonchev–Trinajstić information content (AvgIpc) is 3.29. The standard InChI is InChI=1S/C29H37F2N5O3S/c1-29(2,3)26(36(14-7-13-33-28(38)39)25(37)19-40-15-12-32)27-34-24(22-16-21(30)10-11-23(22)31)18-35(27)17-20-8-5-4-6-9-20/h4-6,8-11,16,18,26,33H,7,12-15,17,19,32H2,1-3H3,(H,38,39)/t26-/m0/s1. The number of nitrogens with zero attached hydrogens (tertiary/aromatic N) is 3. The molecular weight excluding hydrogens is 536 g/mol. The molecule has 0 aliphatic carbocycles. The number of carbonyl (C=O) groups excluding carboxylic acids is 1. The van der Waals surface area contributed by atoms with Gasteiger partial charge in [0, 0.05) is 43.7 Å². The van der Waals surface area contributed by atoms with Crippen LogP contribution >= 0.6 is 11.8 Å². The van der Waals surface area contributed by atoms with E-state index in [-0.39, 0.29) is 36.0 Å². The maximum absolute atomic E-state index is 14.8. The summed E-state index contributed by atoms with van der Waals surface area (Å²) < 4.78 is 30.9. The summed E-state index contributed by atoms with van der Waals surface area (Å²) in [6, 6.07) is 12.4. The molecule has 0 unspecified atom stereocenters. The van der Waals surface area contributed by atoms with Gasteiger partial charge in [-0.2, -0.15) is 11.8 Å². The molecule has 8 nitrogen and oxygen atoms in total. The van der Waals surface area contributed by atoms with Crippen LogP contribution in [0.15, 0.2) is 54.7 Å². The topological polar surface area (TPSA) is 113 Å². The van der Waals surface area contributed by atoms with Crippen molar-refractivity contribution in [2.75, 3.05) is 31.1 Å². The van der Waals surface area contributed by atoms with Crippen LogP contribution in [-0.4, -0.2) is 62.7 Å². The van der Waals surface area contributed by atoms with E-state index in [0.717, 1.165) is 23.8 Å². The lowest BCUT2D eigenvalue weighted by molar-refractivity contribution is -0.133. The van der Waals surface area contributed by atoms with Gasteiger partial charge in [0.25, 0.3) is 0 Å². The summed E-state index contributed by atoms with van der Waals surface area (Å²) >= 11 is 1.43. The van der Waals surface area contributed by atoms with E-state index in [1.807, 2.05) is 55.7 Å². The number of nitrogens with one attached hydrogen (secondary N) is 1. The average molecular weight is 574 g/mol. The van der Waals surface area contributed by atoms with Gasteiger partial charge in [0.2, 0.25) is 5.91 Å². The van der Waals surface area contributed by atoms with E-state index in [4.69, 9.17) is 15.8 Å². The molecule has 0 bridgehead atoms. The molecule has 0 radical (unpaired) electrons. The Balaban J connectivity index is 2.12. The van der Waals surface area contributed by atoms with Crippen LogP contribution in [0.2, 0.25) is 0 Å². The van der Waals surface area contributed by atoms with Crippen molar-refractivity contribution >= 4 is 23.8 Å². The highest BCUT2D eigenvalue weighted by Crippen LogP contribution is 2.39. The van der Waals surface area contributed by atoms with Crippen molar-refractivity contribution in [2.24, 2.45) is 11.1 Å². The molecule has 1 atom stereocenters. The highest BCUT2D eigenvalue weighted by atomic mass is 32.2. The van der Waals surface area contributed by atoms with Gasteiger partial charge in [-0.15, -0.1) is 0 Å². The van der Waals surface area contributed by atoms with Gasteiger partial charge in [0.1, 0.15) is 17.5 Å². The molecule has 11 heteroatoms. The molecule has 0 fully saturated rings. The number of aromatic nitrogens is 2. The molecular formula is C29H37F2N5O3S. The Hall–Kier alpha value is -3.44. The Kier molecular flexibility index (Phi) is 11.1. The van der Waals surface area contributed by atoms with Crippen LogP contribution in [0.3, 0.4) is 0 Å². The monoisotopic (exact) mass is 573 g/mol. The largest absolute Gasteiger partial charge is 0.465 e. The summed E-state index contributed by atoms with van der Waals surface area (Å²) in [6.45, 7) is 7.25. The van der Waals surface area contributed by atoms with Crippen molar-refractivity contribution in [1.29, 1.82) is 0 Å². The van der Waals surface area contributed by atoms with Crippen molar-refractivity contribution in [3.63, 3.8) is 0 Å². The maximum atomic E-state index is 14.8. The molecule has 0 saturated carbocycles. The van der Waals surface area contributed by atoms with Crippen LogP contribution in [0.1, 0.15) is 44.6 Å². The van der Waals surface area contributed by atoms with Gasteiger partial charge in [-0.1, -0.05) is 51.1 Å². The number of halogens is 2. The Morgan fingerprint density at radius 2 is 1.90 bits per heavy atom. The lowest BCUT2D eigenvalue weighted by Gasteiger charge is -2.40. The van der Waals surface area contributed by atoms with Crippen LogP contribution in [0.4, 0.5) is 13.6 Å². The van der Waals surface area contributed by atoms with Crippen molar-refractivity contribution in [1.82, 2.24) is 19.8 Å². The van der Waals surface area contributed by atoms with Gasteiger partial charge >= 0.3 is 6.09 Å². The minimum atomic E-state index is -1.14.